The highest BCUT2D eigenvalue weighted by Crippen LogP contribution is 2.13. The number of carbonyl (C=O) groups excluding carboxylic acids is 2. The minimum Gasteiger partial charge on any atom is -0.339 e. The van der Waals surface area contributed by atoms with E-state index in [1.54, 1.807) is 29.2 Å². The zero-order valence-electron chi connectivity index (χ0n) is 11.6. The number of hydrogen-bond donors (Lipinski definition) is 1. The van der Waals surface area contributed by atoms with E-state index in [4.69, 9.17) is 0 Å². The summed E-state index contributed by atoms with van der Waals surface area (Å²) in [7, 11) is 0. The van der Waals surface area contributed by atoms with Crippen LogP contribution in [0.1, 0.15) is 24.2 Å². The molecule has 0 aliphatic carbocycles. The summed E-state index contributed by atoms with van der Waals surface area (Å²) in [5.41, 5.74) is 1.27. The average molecular weight is 280 g/mol. The number of anilines is 1. The molecule has 0 saturated heterocycles. The molecule has 1 aromatic rings. The Morgan fingerprint density at radius 1 is 1.26 bits per heavy atom. The Bertz CT molecular complexity index is 445. The minimum absolute atomic E-state index is 0.00837. The Morgan fingerprint density at radius 3 is 2.53 bits per heavy atom. The van der Waals surface area contributed by atoms with Crippen LogP contribution in [-0.2, 0) is 4.79 Å². The summed E-state index contributed by atoms with van der Waals surface area (Å²) in [4.78, 5) is 25.4. The van der Waals surface area contributed by atoms with E-state index in [-0.39, 0.29) is 11.8 Å². The van der Waals surface area contributed by atoms with Gasteiger partial charge in [-0.25, -0.2) is 0 Å². The number of thioether (sulfide) groups is 1. The van der Waals surface area contributed by atoms with Crippen LogP contribution >= 0.6 is 11.8 Å². The van der Waals surface area contributed by atoms with Gasteiger partial charge in [-0.15, -0.1) is 0 Å². The molecule has 1 N–H and O–H groups in total. The van der Waals surface area contributed by atoms with Gasteiger partial charge in [-0.2, -0.15) is 11.8 Å². The summed E-state index contributed by atoms with van der Waals surface area (Å²) < 4.78 is 0. The summed E-state index contributed by atoms with van der Waals surface area (Å²) in [6.07, 6.45) is 1.87. The fourth-order valence-corrected chi connectivity index (χ4v) is 2.09. The van der Waals surface area contributed by atoms with Crippen molar-refractivity contribution < 1.29 is 9.59 Å². The second-order valence-electron chi connectivity index (χ2n) is 4.04. The van der Waals surface area contributed by atoms with E-state index in [2.05, 4.69) is 5.32 Å². The Balaban J connectivity index is 2.82. The fraction of sp³-hybridized carbons (Fsp3) is 0.429. The first kappa shape index (κ1) is 15.6. The molecule has 0 aliphatic heterocycles. The molecule has 4 nitrogen and oxygen atoms in total. The predicted molar refractivity (Wildman–Crippen MR) is 80.7 cm³/mol. The zero-order chi connectivity index (χ0) is 14.3. The lowest BCUT2D eigenvalue weighted by Crippen LogP contribution is -2.30. The summed E-state index contributed by atoms with van der Waals surface area (Å²) >= 11 is 1.46. The second-order valence-corrected chi connectivity index (χ2v) is 4.91. The van der Waals surface area contributed by atoms with Crippen molar-refractivity contribution >= 4 is 29.3 Å². The number of nitrogens with one attached hydrogen (secondary N) is 1. The van der Waals surface area contributed by atoms with E-state index in [0.29, 0.717) is 30.1 Å². The van der Waals surface area contributed by atoms with Gasteiger partial charge in [0.25, 0.3) is 5.91 Å². The molecule has 2 amide bonds. The first-order chi connectivity index (χ1) is 9.12. The summed E-state index contributed by atoms with van der Waals surface area (Å²) in [5.74, 6) is 0.347. The molecular formula is C14H20N2O2S. The SMILES string of the molecule is CCN(CC)C(=O)c1cccc(NC(=O)CSC)c1. The molecule has 0 spiro atoms. The lowest BCUT2D eigenvalue weighted by atomic mass is 10.1. The van der Waals surface area contributed by atoms with Crippen molar-refractivity contribution in [3.8, 4) is 0 Å². The topological polar surface area (TPSA) is 49.4 Å². The van der Waals surface area contributed by atoms with Crippen LogP contribution < -0.4 is 5.32 Å². The molecule has 5 heteroatoms. The summed E-state index contributed by atoms with van der Waals surface area (Å²) in [6.45, 7) is 5.26. The maximum Gasteiger partial charge on any atom is 0.253 e. The van der Waals surface area contributed by atoms with Crippen molar-refractivity contribution in [3.63, 3.8) is 0 Å². The highest BCUT2D eigenvalue weighted by Gasteiger charge is 2.12. The number of hydrogen-bond acceptors (Lipinski definition) is 3. The molecule has 0 heterocycles. The normalized spacial score (nSPS) is 10.1. The van der Waals surface area contributed by atoms with Crippen LogP contribution in [0.25, 0.3) is 0 Å². The minimum atomic E-state index is -0.0556. The van der Waals surface area contributed by atoms with Gasteiger partial charge in [0, 0.05) is 24.3 Å². The van der Waals surface area contributed by atoms with Gasteiger partial charge in [0.1, 0.15) is 0 Å². The smallest absolute Gasteiger partial charge is 0.253 e. The number of carbonyl (C=O) groups is 2. The van der Waals surface area contributed by atoms with E-state index in [0.717, 1.165) is 0 Å². The summed E-state index contributed by atoms with van der Waals surface area (Å²) in [6, 6.07) is 7.06. The van der Waals surface area contributed by atoms with Gasteiger partial charge in [0.2, 0.25) is 5.91 Å². The predicted octanol–water partition coefficient (Wildman–Crippen LogP) is 2.47. The molecule has 0 fully saturated rings. The molecule has 0 aromatic heterocycles. The van der Waals surface area contributed by atoms with Crippen molar-refractivity contribution in [2.24, 2.45) is 0 Å². The van der Waals surface area contributed by atoms with Crippen LogP contribution in [0.4, 0.5) is 5.69 Å². The number of rotatable bonds is 6. The van der Waals surface area contributed by atoms with Gasteiger partial charge in [-0.1, -0.05) is 6.07 Å². The van der Waals surface area contributed by atoms with E-state index >= 15 is 0 Å². The maximum absolute atomic E-state index is 12.2. The van der Waals surface area contributed by atoms with Gasteiger partial charge in [-0.05, 0) is 38.3 Å². The molecule has 0 unspecified atom stereocenters. The number of nitrogens with zero attached hydrogens (tertiary/aromatic N) is 1. The van der Waals surface area contributed by atoms with Crippen LogP contribution in [0.5, 0.6) is 0 Å². The molecule has 104 valence electrons. The van der Waals surface area contributed by atoms with Crippen LogP contribution in [-0.4, -0.2) is 41.8 Å². The third-order valence-electron chi connectivity index (χ3n) is 2.72. The van der Waals surface area contributed by atoms with Crippen molar-refractivity contribution in [1.29, 1.82) is 0 Å². The Kier molecular flexibility index (Phi) is 6.42. The summed E-state index contributed by atoms with van der Waals surface area (Å²) in [5, 5.41) is 2.78. The monoisotopic (exact) mass is 280 g/mol. The second kappa shape index (κ2) is 7.84. The third kappa shape index (κ3) is 4.59. The molecule has 1 rings (SSSR count). The molecule has 0 atom stereocenters. The maximum atomic E-state index is 12.2. The lowest BCUT2D eigenvalue weighted by molar-refractivity contribution is -0.113. The Labute approximate surface area is 118 Å². The number of amides is 2. The van der Waals surface area contributed by atoms with Gasteiger partial charge in [0.15, 0.2) is 0 Å². The fourth-order valence-electron chi connectivity index (χ4n) is 1.75. The molecule has 0 bridgehead atoms. The number of benzene rings is 1. The first-order valence-corrected chi connectivity index (χ1v) is 7.69. The van der Waals surface area contributed by atoms with Crippen LogP contribution in [0.15, 0.2) is 24.3 Å². The van der Waals surface area contributed by atoms with Crippen molar-refractivity contribution in [3.05, 3.63) is 29.8 Å². The van der Waals surface area contributed by atoms with E-state index < -0.39 is 0 Å². The van der Waals surface area contributed by atoms with E-state index in [1.807, 2.05) is 20.1 Å². The molecule has 0 aliphatic rings. The zero-order valence-corrected chi connectivity index (χ0v) is 12.4. The van der Waals surface area contributed by atoms with Crippen molar-refractivity contribution in [2.45, 2.75) is 13.8 Å². The van der Waals surface area contributed by atoms with Crippen molar-refractivity contribution in [2.75, 3.05) is 30.4 Å². The first-order valence-electron chi connectivity index (χ1n) is 6.30. The lowest BCUT2D eigenvalue weighted by Gasteiger charge is -2.19. The largest absolute Gasteiger partial charge is 0.339 e. The Hall–Kier alpha value is -1.49. The Morgan fingerprint density at radius 2 is 1.95 bits per heavy atom. The van der Waals surface area contributed by atoms with Gasteiger partial charge < -0.3 is 10.2 Å². The van der Waals surface area contributed by atoms with E-state index in [9.17, 15) is 9.59 Å². The highest BCUT2D eigenvalue weighted by atomic mass is 32.2. The van der Waals surface area contributed by atoms with Gasteiger partial charge >= 0.3 is 0 Å². The van der Waals surface area contributed by atoms with Crippen LogP contribution in [0.2, 0.25) is 0 Å². The average Bonchev–Trinajstić information content (AvgIpc) is 2.40. The van der Waals surface area contributed by atoms with E-state index in [1.165, 1.54) is 11.8 Å². The third-order valence-corrected chi connectivity index (χ3v) is 3.27. The quantitative estimate of drug-likeness (QED) is 0.871. The molecular weight excluding hydrogens is 260 g/mol. The molecule has 0 radical (unpaired) electrons. The molecule has 1 aromatic carbocycles. The standard InChI is InChI=1S/C14H20N2O2S/c1-4-16(5-2)14(18)11-7-6-8-12(9-11)15-13(17)10-19-3/h6-9H,4-5,10H2,1-3H3,(H,15,17). The van der Waals surface area contributed by atoms with Gasteiger partial charge in [-0.3, -0.25) is 9.59 Å². The van der Waals surface area contributed by atoms with Gasteiger partial charge in [0.05, 0.1) is 5.75 Å². The van der Waals surface area contributed by atoms with Crippen LogP contribution in [0.3, 0.4) is 0 Å². The van der Waals surface area contributed by atoms with Crippen LogP contribution in [0, 0.1) is 0 Å². The molecule has 19 heavy (non-hydrogen) atoms. The van der Waals surface area contributed by atoms with Crippen molar-refractivity contribution in [1.82, 2.24) is 4.90 Å². The molecule has 0 saturated carbocycles. The highest BCUT2D eigenvalue weighted by molar-refractivity contribution is 7.99.